The van der Waals surface area contributed by atoms with E-state index >= 15 is 0 Å². The van der Waals surface area contributed by atoms with Gasteiger partial charge in [0.1, 0.15) is 11.9 Å². The van der Waals surface area contributed by atoms with Gasteiger partial charge in [0.15, 0.2) is 0 Å². The number of carbonyl (C=O) groups excluding carboxylic acids is 3. The number of likely N-dealkylation sites (tertiary alicyclic amines) is 1. The normalized spacial score (nSPS) is 16.0. The second kappa shape index (κ2) is 5.96. The Kier molecular flexibility index (Phi) is 4.00. The summed E-state index contributed by atoms with van der Waals surface area (Å²) in [6.45, 7) is 1.51. The Balaban J connectivity index is 1.82. The molecule has 1 fully saturated rings. The Morgan fingerprint density at radius 3 is 2.61 bits per heavy atom. The Bertz CT molecular complexity index is 805. The lowest BCUT2D eigenvalue weighted by Crippen LogP contribution is -2.45. The number of nitrogens with one attached hydrogen (secondary N) is 1. The summed E-state index contributed by atoms with van der Waals surface area (Å²) in [5, 5.41) is 3.86. The quantitative estimate of drug-likeness (QED) is 0.876. The van der Waals surface area contributed by atoms with E-state index in [0.717, 1.165) is 10.3 Å². The average Bonchev–Trinajstić information content (AvgIpc) is 2.85. The Morgan fingerprint density at radius 1 is 1.26 bits per heavy atom. The number of aromatic nitrogens is 1. The van der Waals surface area contributed by atoms with Gasteiger partial charge in [-0.25, -0.2) is 4.98 Å². The number of rotatable bonds is 3. The predicted molar refractivity (Wildman–Crippen MR) is 85.9 cm³/mol. The Hall–Kier alpha value is -2.47. The maximum absolute atomic E-state index is 12.3. The number of fused-ring (bicyclic) bond motifs is 1. The highest BCUT2D eigenvalue weighted by Gasteiger charge is 2.36. The molecule has 118 valence electrons. The summed E-state index contributed by atoms with van der Waals surface area (Å²) in [6, 6.07) is 7.95. The number of para-hydroxylation sites is 1. The van der Waals surface area contributed by atoms with Crippen LogP contribution in [-0.4, -0.2) is 33.6 Å². The van der Waals surface area contributed by atoms with Crippen LogP contribution in [0.15, 0.2) is 30.3 Å². The topological polar surface area (TPSA) is 79.4 Å². The van der Waals surface area contributed by atoms with E-state index < -0.39 is 11.9 Å². The molecular weight excluding hydrogens is 318 g/mol. The van der Waals surface area contributed by atoms with Gasteiger partial charge in [-0.3, -0.25) is 19.3 Å². The van der Waals surface area contributed by atoms with Gasteiger partial charge in [-0.1, -0.05) is 29.8 Å². The zero-order valence-corrected chi connectivity index (χ0v) is 13.1. The molecule has 6 nitrogen and oxygen atoms in total. The zero-order chi connectivity index (χ0) is 16.6. The average molecular weight is 332 g/mol. The highest BCUT2D eigenvalue weighted by Crippen LogP contribution is 2.25. The minimum absolute atomic E-state index is 0.149. The first-order valence-electron chi connectivity index (χ1n) is 7.18. The second-order valence-electron chi connectivity index (χ2n) is 5.33. The summed E-state index contributed by atoms with van der Waals surface area (Å²) in [4.78, 5) is 41.0. The van der Waals surface area contributed by atoms with Crippen LogP contribution in [0.3, 0.4) is 0 Å². The van der Waals surface area contributed by atoms with Crippen LogP contribution < -0.4 is 5.32 Å². The van der Waals surface area contributed by atoms with Crippen LogP contribution in [0.25, 0.3) is 10.9 Å². The third-order valence-corrected chi connectivity index (χ3v) is 4.09. The van der Waals surface area contributed by atoms with E-state index in [1.165, 1.54) is 6.92 Å². The fourth-order valence-corrected chi connectivity index (χ4v) is 2.83. The summed E-state index contributed by atoms with van der Waals surface area (Å²) in [6.07, 6.45) is 0.299. The monoisotopic (exact) mass is 331 g/mol. The molecule has 0 aliphatic carbocycles. The maximum atomic E-state index is 12.3. The number of carbonyl (C=O) groups is 3. The number of benzene rings is 1. The van der Waals surface area contributed by atoms with Crippen LogP contribution in [0.4, 0.5) is 5.82 Å². The molecule has 1 unspecified atom stereocenters. The third-order valence-electron chi connectivity index (χ3n) is 3.77. The molecule has 1 aromatic carbocycles. The fraction of sp³-hybridized carbons (Fsp3) is 0.250. The van der Waals surface area contributed by atoms with E-state index in [0.29, 0.717) is 10.5 Å². The molecule has 2 heterocycles. The number of anilines is 1. The minimum Gasteiger partial charge on any atom is -0.309 e. The number of hydrogen-bond acceptors (Lipinski definition) is 4. The van der Waals surface area contributed by atoms with Gasteiger partial charge >= 0.3 is 0 Å². The molecule has 3 amide bonds. The lowest BCUT2D eigenvalue weighted by Gasteiger charge is -2.21. The molecule has 23 heavy (non-hydrogen) atoms. The zero-order valence-electron chi connectivity index (χ0n) is 12.4. The Morgan fingerprint density at radius 2 is 1.91 bits per heavy atom. The number of pyridine rings is 1. The van der Waals surface area contributed by atoms with Crippen LogP contribution >= 0.6 is 11.6 Å². The van der Waals surface area contributed by atoms with Gasteiger partial charge in [-0.2, -0.15) is 0 Å². The molecule has 1 aliphatic heterocycles. The molecule has 1 aromatic heterocycles. The van der Waals surface area contributed by atoms with Crippen LogP contribution in [0.1, 0.15) is 19.8 Å². The van der Waals surface area contributed by atoms with Crippen molar-refractivity contribution < 1.29 is 14.4 Å². The molecule has 3 rings (SSSR count). The van der Waals surface area contributed by atoms with Gasteiger partial charge in [0, 0.05) is 24.3 Å². The number of halogens is 1. The molecule has 0 saturated carbocycles. The summed E-state index contributed by atoms with van der Waals surface area (Å²) >= 11 is 6.19. The van der Waals surface area contributed by atoms with Gasteiger partial charge in [-0.05, 0) is 13.0 Å². The molecule has 7 heteroatoms. The lowest BCUT2D eigenvalue weighted by molar-refractivity contribution is -0.144. The summed E-state index contributed by atoms with van der Waals surface area (Å²) in [5.41, 5.74) is 0.649. The molecule has 1 saturated heterocycles. The molecule has 2 aromatic rings. The molecule has 0 spiro atoms. The second-order valence-corrected chi connectivity index (χ2v) is 5.74. The number of amides is 3. The van der Waals surface area contributed by atoms with Crippen molar-refractivity contribution in [2.45, 2.75) is 25.8 Å². The fourth-order valence-electron chi connectivity index (χ4n) is 2.57. The first-order valence-corrected chi connectivity index (χ1v) is 7.56. The molecule has 1 atom stereocenters. The van der Waals surface area contributed by atoms with E-state index in [2.05, 4.69) is 10.3 Å². The predicted octanol–water partition coefficient (Wildman–Crippen LogP) is 2.36. The molecule has 1 N–H and O–H groups in total. The van der Waals surface area contributed by atoms with Gasteiger partial charge in [0.05, 0.1) is 10.5 Å². The van der Waals surface area contributed by atoms with Crippen LogP contribution in [0, 0.1) is 0 Å². The van der Waals surface area contributed by atoms with Crippen molar-refractivity contribution >= 4 is 46.0 Å². The summed E-state index contributed by atoms with van der Waals surface area (Å²) in [5.74, 6) is -0.860. The van der Waals surface area contributed by atoms with Gasteiger partial charge in [0.25, 0.3) is 0 Å². The number of hydrogen-bond donors (Lipinski definition) is 1. The lowest BCUT2D eigenvalue weighted by atomic mass is 10.2. The standard InChI is InChI=1S/C16H14ClN3O3/c1-9(20-14(21)6-7-15(20)22)16(23)19-13-8-11(17)10-4-2-3-5-12(10)18-13/h2-5,8-9H,6-7H2,1H3,(H,18,19,23). The van der Waals surface area contributed by atoms with E-state index in [9.17, 15) is 14.4 Å². The van der Waals surface area contributed by atoms with Gasteiger partial charge in [0.2, 0.25) is 17.7 Å². The highest BCUT2D eigenvalue weighted by atomic mass is 35.5. The van der Waals surface area contributed by atoms with Crippen molar-refractivity contribution in [3.8, 4) is 0 Å². The van der Waals surface area contributed by atoms with Crippen molar-refractivity contribution in [2.24, 2.45) is 0 Å². The number of imide groups is 1. The minimum atomic E-state index is -0.885. The van der Waals surface area contributed by atoms with E-state index in [1.54, 1.807) is 12.1 Å². The van der Waals surface area contributed by atoms with Gasteiger partial charge < -0.3 is 5.32 Å². The maximum Gasteiger partial charge on any atom is 0.248 e. The summed E-state index contributed by atoms with van der Waals surface area (Å²) in [7, 11) is 0. The molecular formula is C16H14ClN3O3. The molecule has 0 bridgehead atoms. The first kappa shape index (κ1) is 15.4. The SMILES string of the molecule is CC(C(=O)Nc1cc(Cl)c2ccccc2n1)N1C(=O)CCC1=O. The van der Waals surface area contributed by atoms with E-state index in [4.69, 9.17) is 11.6 Å². The van der Waals surface area contributed by atoms with E-state index in [1.807, 2.05) is 18.2 Å². The summed E-state index contributed by atoms with van der Waals surface area (Å²) < 4.78 is 0. The first-order chi connectivity index (χ1) is 11.0. The van der Waals surface area contributed by atoms with Crippen molar-refractivity contribution in [1.29, 1.82) is 0 Å². The van der Waals surface area contributed by atoms with Gasteiger partial charge in [-0.15, -0.1) is 0 Å². The smallest absolute Gasteiger partial charge is 0.248 e. The third kappa shape index (κ3) is 2.90. The molecule has 1 aliphatic rings. The van der Waals surface area contributed by atoms with Crippen molar-refractivity contribution in [2.75, 3.05) is 5.32 Å². The van der Waals surface area contributed by atoms with Crippen LogP contribution in [-0.2, 0) is 14.4 Å². The Labute approximate surface area is 137 Å². The van der Waals surface area contributed by atoms with Crippen molar-refractivity contribution in [3.63, 3.8) is 0 Å². The van der Waals surface area contributed by atoms with Crippen molar-refractivity contribution in [3.05, 3.63) is 35.4 Å². The molecule has 0 radical (unpaired) electrons. The highest BCUT2D eigenvalue weighted by molar-refractivity contribution is 6.35. The van der Waals surface area contributed by atoms with Crippen LogP contribution in [0.2, 0.25) is 5.02 Å². The van der Waals surface area contributed by atoms with Crippen LogP contribution in [0.5, 0.6) is 0 Å². The largest absolute Gasteiger partial charge is 0.309 e. The number of nitrogens with zero attached hydrogens (tertiary/aromatic N) is 2. The van der Waals surface area contributed by atoms with Crippen molar-refractivity contribution in [1.82, 2.24) is 9.88 Å². The van der Waals surface area contributed by atoms with E-state index in [-0.39, 0.29) is 30.5 Å².